The van der Waals surface area contributed by atoms with Gasteiger partial charge in [-0.2, -0.15) is 0 Å². The minimum atomic E-state index is -3.16. The second-order valence-electron chi connectivity index (χ2n) is 6.55. The number of rotatable bonds is 2. The molecule has 1 aromatic carbocycles. The van der Waals surface area contributed by atoms with E-state index in [1.54, 1.807) is 0 Å². The fraction of sp³-hybridized carbons (Fsp3) is 0.238. The summed E-state index contributed by atoms with van der Waals surface area (Å²) in [6.45, 7) is 0. The van der Waals surface area contributed by atoms with E-state index in [-0.39, 0.29) is 11.7 Å². The average Bonchev–Trinajstić information content (AvgIpc) is 2.94. The van der Waals surface area contributed by atoms with E-state index in [4.69, 9.17) is 4.42 Å². The highest BCUT2D eigenvalue weighted by Gasteiger charge is 2.27. The molecule has 0 N–H and O–H groups in total. The predicted octanol–water partition coefficient (Wildman–Crippen LogP) is 5.00. The van der Waals surface area contributed by atoms with E-state index >= 15 is 0 Å². The van der Waals surface area contributed by atoms with Crippen LogP contribution in [-0.2, 0) is 9.84 Å². The smallest absolute Gasteiger partial charge is 0.171 e. The highest BCUT2D eigenvalue weighted by atomic mass is 32.2. The van der Waals surface area contributed by atoms with Gasteiger partial charge in [0.25, 0.3) is 0 Å². The summed E-state index contributed by atoms with van der Waals surface area (Å²) < 4.78 is 30.7. The highest BCUT2D eigenvalue weighted by molar-refractivity contribution is 7.94. The van der Waals surface area contributed by atoms with Gasteiger partial charge in [0.2, 0.25) is 0 Å². The summed E-state index contributed by atoms with van der Waals surface area (Å²) in [5.74, 6) is 1.97. The first-order valence-electron chi connectivity index (χ1n) is 8.59. The summed E-state index contributed by atoms with van der Waals surface area (Å²) >= 11 is 0. The number of sulfone groups is 1. The number of benzene rings is 1. The molecule has 3 nitrogen and oxygen atoms in total. The Hall–Kier alpha value is -2.33. The number of hydrogen-bond donors (Lipinski definition) is 0. The minimum Gasteiger partial charge on any atom is -0.456 e. The van der Waals surface area contributed by atoms with Crippen LogP contribution in [0.1, 0.15) is 25.0 Å². The van der Waals surface area contributed by atoms with Gasteiger partial charge in [-0.1, -0.05) is 48.6 Å². The lowest BCUT2D eigenvalue weighted by atomic mass is 9.88. The van der Waals surface area contributed by atoms with Crippen molar-refractivity contribution in [3.63, 3.8) is 0 Å². The van der Waals surface area contributed by atoms with Gasteiger partial charge in [-0.15, -0.1) is 0 Å². The van der Waals surface area contributed by atoms with E-state index < -0.39 is 9.84 Å². The molecule has 2 aliphatic rings. The molecule has 1 aliphatic carbocycles. The zero-order valence-electron chi connectivity index (χ0n) is 13.9. The zero-order chi connectivity index (χ0) is 17.3. The van der Waals surface area contributed by atoms with Crippen LogP contribution in [0.2, 0.25) is 0 Å². The SMILES string of the molecule is O=S1(=O)C=C2C(c3ccc(-c4ccccc4)o3)=CC=CCC2CCC1. The molecule has 1 atom stereocenters. The molecule has 0 amide bonds. The summed E-state index contributed by atoms with van der Waals surface area (Å²) in [6.07, 6.45) is 8.56. The Bertz CT molecular complexity index is 960. The molecule has 1 unspecified atom stereocenters. The Labute approximate surface area is 148 Å². The normalized spacial score (nSPS) is 22.3. The van der Waals surface area contributed by atoms with Gasteiger partial charge >= 0.3 is 0 Å². The van der Waals surface area contributed by atoms with Crippen LogP contribution >= 0.6 is 0 Å². The van der Waals surface area contributed by atoms with Gasteiger partial charge in [-0.05, 0) is 42.9 Å². The maximum atomic E-state index is 12.3. The van der Waals surface area contributed by atoms with Crippen LogP contribution in [0, 0.1) is 5.92 Å². The summed E-state index contributed by atoms with van der Waals surface area (Å²) in [5, 5.41) is 1.48. The molecule has 2 aromatic rings. The van der Waals surface area contributed by atoms with Crippen molar-refractivity contribution in [1.29, 1.82) is 0 Å². The Morgan fingerprint density at radius 3 is 2.64 bits per heavy atom. The second kappa shape index (κ2) is 6.52. The third-order valence-electron chi connectivity index (χ3n) is 4.79. The molecule has 0 saturated carbocycles. The van der Waals surface area contributed by atoms with Crippen LogP contribution in [-0.4, -0.2) is 14.2 Å². The summed E-state index contributed by atoms with van der Waals surface area (Å²) in [4.78, 5) is 0. The highest BCUT2D eigenvalue weighted by Crippen LogP contribution is 2.39. The van der Waals surface area contributed by atoms with Gasteiger partial charge in [0.05, 0.1) is 5.75 Å². The monoisotopic (exact) mass is 352 g/mol. The van der Waals surface area contributed by atoms with E-state index in [2.05, 4.69) is 6.08 Å². The van der Waals surface area contributed by atoms with Gasteiger partial charge in [0.15, 0.2) is 9.84 Å². The largest absolute Gasteiger partial charge is 0.456 e. The molecule has 25 heavy (non-hydrogen) atoms. The molecule has 1 aliphatic heterocycles. The zero-order valence-corrected chi connectivity index (χ0v) is 14.7. The average molecular weight is 352 g/mol. The van der Waals surface area contributed by atoms with Crippen molar-refractivity contribution in [1.82, 2.24) is 0 Å². The predicted molar refractivity (Wildman–Crippen MR) is 100 cm³/mol. The quantitative estimate of drug-likeness (QED) is 0.764. The van der Waals surface area contributed by atoms with Crippen LogP contribution < -0.4 is 0 Å². The Morgan fingerprint density at radius 1 is 1.00 bits per heavy atom. The van der Waals surface area contributed by atoms with E-state index in [1.165, 1.54) is 5.41 Å². The van der Waals surface area contributed by atoms with E-state index in [0.29, 0.717) is 6.42 Å². The van der Waals surface area contributed by atoms with E-state index in [9.17, 15) is 8.42 Å². The number of hydrogen-bond acceptors (Lipinski definition) is 3. The maximum Gasteiger partial charge on any atom is 0.171 e. The summed E-state index contributed by atoms with van der Waals surface area (Å²) in [5.41, 5.74) is 2.78. The molecule has 4 heteroatoms. The molecule has 0 bridgehead atoms. The maximum absolute atomic E-state index is 12.3. The van der Waals surface area contributed by atoms with Gasteiger partial charge in [-0.3, -0.25) is 0 Å². The summed E-state index contributed by atoms with van der Waals surface area (Å²) in [6, 6.07) is 13.8. The first kappa shape index (κ1) is 16.2. The molecule has 0 fully saturated rings. The first-order chi connectivity index (χ1) is 12.1. The topological polar surface area (TPSA) is 47.3 Å². The van der Waals surface area contributed by atoms with Crippen molar-refractivity contribution in [3.05, 3.63) is 77.4 Å². The van der Waals surface area contributed by atoms with Gasteiger partial charge < -0.3 is 4.42 Å². The minimum absolute atomic E-state index is 0.229. The number of furan rings is 1. The van der Waals surface area contributed by atoms with Gasteiger partial charge in [0, 0.05) is 16.5 Å². The van der Waals surface area contributed by atoms with Gasteiger partial charge in [-0.25, -0.2) is 8.42 Å². The molecular formula is C21H20O3S. The lowest BCUT2D eigenvalue weighted by Gasteiger charge is -2.17. The molecule has 1 aromatic heterocycles. The third-order valence-corrected chi connectivity index (χ3v) is 6.26. The molecule has 0 radical (unpaired) electrons. The van der Waals surface area contributed by atoms with Crippen molar-refractivity contribution < 1.29 is 12.8 Å². The van der Waals surface area contributed by atoms with Crippen molar-refractivity contribution in [2.45, 2.75) is 19.3 Å². The van der Waals surface area contributed by atoms with Gasteiger partial charge in [0.1, 0.15) is 11.5 Å². The molecule has 4 rings (SSSR count). The second-order valence-corrected chi connectivity index (χ2v) is 8.52. The fourth-order valence-corrected chi connectivity index (χ4v) is 4.92. The first-order valence-corrected chi connectivity index (χ1v) is 10.3. The van der Waals surface area contributed by atoms with Crippen molar-refractivity contribution in [2.75, 3.05) is 5.75 Å². The van der Waals surface area contributed by atoms with Crippen LogP contribution in [0.3, 0.4) is 0 Å². The van der Waals surface area contributed by atoms with E-state index in [1.807, 2.05) is 54.6 Å². The van der Waals surface area contributed by atoms with Crippen molar-refractivity contribution in [2.24, 2.45) is 5.92 Å². The lowest BCUT2D eigenvalue weighted by Crippen LogP contribution is -2.04. The lowest BCUT2D eigenvalue weighted by molar-refractivity contribution is 0.552. The Balaban J connectivity index is 1.78. The summed E-state index contributed by atoms with van der Waals surface area (Å²) in [7, 11) is -3.16. The fourth-order valence-electron chi connectivity index (χ4n) is 3.53. The van der Waals surface area contributed by atoms with Crippen molar-refractivity contribution in [3.8, 4) is 11.3 Å². The number of allylic oxidation sites excluding steroid dienone is 5. The molecule has 128 valence electrons. The number of fused-ring (bicyclic) bond motifs is 1. The van der Waals surface area contributed by atoms with Crippen LogP contribution in [0.25, 0.3) is 16.9 Å². The molecule has 0 saturated heterocycles. The molecular weight excluding hydrogens is 332 g/mol. The Kier molecular flexibility index (Phi) is 4.22. The van der Waals surface area contributed by atoms with Crippen molar-refractivity contribution >= 4 is 15.4 Å². The molecule has 0 spiro atoms. The standard InChI is InChI=1S/C21H20O3S/c22-25(23)14-6-10-16-7-4-5-11-18(19(16)15-25)21-13-12-20(24-21)17-8-2-1-3-9-17/h1-5,8-9,11-13,15-16H,6-7,10,14H2. The van der Waals surface area contributed by atoms with E-state index in [0.717, 1.165) is 41.1 Å². The van der Waals surface area contributed by atoms with Crippen LogP contribution in [0.5, 0.6) is 0 Å². The Morgan fingerprint density at radius 2 is 1.80 bits per heavy atom. The van der Waals surface area contributed by atoms with Crippen LogP contribution in [0.4, 0.5) is 0 Å². The third kappa shape index (κ3) is 3.40. The van der Waals surface area contributed by atoms with Crippen LogP contribution in [0.15, 0.2) is 76.1 Å². The molecule has 2 heterocycles.